The molecule has 1 aliphatic heterocycles. The van der Waals surface area contributed by atoms with E-state index in [0.717, 1.165) is 55.3 Å². The van der Waals surface area contributed by atoms with E-state index in [2.05, 4.69) is 38.1 Å². The van der Waals surface area contributed by atoms with Crippen molar-refractivity contribution < 1.29 is 4.74 Å². The molecule has 1 unspecified atom stereocenters. The third kappa shape index (κ3) is 4.21. The minimum absolute atomic E-state index is 0.706. The van der Waals surface area contributed by atoms with Crippen molar-refractivity contribution in [3.63, 3.8) is 0 Å². The summed E-state index contributed by atoms with van der Waals surface area (Å²) >= 11 is 3.43. The van der Waals surface area contributed by atoms with Crippen LogP contribution in [-0.2, 0) is 11.2 Å². The molecule has 2 heterocycles. The zero-order valence-electron chi connectivity index (χ0n) is 10.8. The van der Waals surface area contributed by atoms with Gasteiger partial charge in [0.15, 0.2) is 0 Å². The molecule has 2 rings (SSSR count). The molecule has 1 aromatic rings. The van der Waals surface area contributed by atoms with E-state index in [1.54, 1.807) is 0 Å². The first-order chi connectivity index (χ1) is 8.78. The summed E-state index contributed by atoms with van der Waals surface area (Å²) in [4.78, 5) is 8.86. The summed E-state index contributed by atoms with van der Waals surface area (Å²) in [6.45, 7) is 4.92. The molecular weight excluding hydrogens is 294 g/mol. The number of ether oxygens (including phenoxy) is 1. The predicted molar refractivity (Wildman–Crippen MR) is 75.8 cm³/mol. The van der Waals surface area contributed by atoms with Crippen LogP contribution in [0.25, 0.3) is 0 Å². The highest BCUT2D eigenvalue weighted by Crippen LogP contribution is 2.17. The Morgan fingerprint density at radius 2 is 2.39 bits per heavy atom. The number of halogens is 1. The van der Waals surface area contributed by atoms with Crippen molar-refractivity contribution in [2.75, 3.05) is 25.1 Å². The minimum atomic E-state index is 0.706. The predicted octanol–water partition coefficient (Wildman–Crippen LogP) is 3.03. The summed E-state index contributed by atoms with van der Waals surface area (Å²) in [6.07, 6.45) is 4.32. The van der Waals surface area contributed by atoms with Gasteiger partial charge in [-0.15, -0.1) is 0 Å². The largest absolute Gasteiger partial charge is 0.381 e. The van der Waals surface area contributed by atoms with Gasteiger partial charge in [0.2, 0.25) is 0 Å². The second-order valence-electron chi connectivity index (χ2n) is 4.69. The molecule has 4 nitrogen and oxygen atoms in total. The highest BCUT2D eigenvalue weighted by atomic mass is 79.9. The van der Waals surface area contributed by atoms with Gasteiger partial charge in [-0.25, -0.2) is 9.97 Å². The molecule has 0 radical (unpaired) electrons. The lowest BCUT2D eigenvalue weighted by atomic mass is 10.1. The molecule has 0 amide bonds. The van der Waals surface area contributed by atoms with Gasteiger partial charge in [0, 0.05) is 32.2 Å². The van der Waals surface area contributed by atoms with Gasteiger partial charge in [0.25, 0.3) is 0 Å². The van der Waals surface area contributed by atoms with E-state index in [1.807, 2.05) is 6.07 Å². The number of hydrogen-bond acceptors (Lipinski definition) is 4. The SMILES string of the molecule is CCCc1nc(Br)cc(NCCC2CCOC2)n1. The molecule has 0 aliphatic carbocycles. The van der Waals surface area contributed by atoms with E-state index in [4.69, 9.17) is 4.74 Å². The molecule has 0 saturated carbocycles. The van der Waals surface area contributed by atoms with E-state index < -0.39 is 0 Å². The maximum atomic E-state index is 5.37. The molecule has 1 fully saturated rings. The number of nitrogens with one attached hydrogen (secondary N) is 1. The van der Waals surface area contributed by atoms with Crippen molar-refractivity contribution in [1.82, 2.24) is 9.97 Å². The molecule has 5 heteroatoms. The van der Waals surface area contributed by atoms with Crippen LogP contribution in [0, 0.1) is 5.92 Å². The molecular formula is C13H20BrN3O. The van der Waals surface area contributed by atoms with Crippen molar-refractivity contribution in [3.05, 3.63) is 16.5 Å². The molecule has 0 bridgehead atoms. The van der Waals surface area contributed by atoms with Crippen molar-refractivity contribution in [1.29, 1.82) is 0 Å². The normalized spacial score (nSPS) is 19.1. The molecule has 18 heavy (non-hydrogen) atoms. The van der Waals surface area contributed by atoms with E-state index in [1.165, 1.54) is 6.42 Å². The van der Waals surface area contributed by atoms with Gasteiger partial charge in [-0.2, -0.15) is 0 Å². The minimum Gasteiger partial charge on any atom is -0.381 e. The number of aromatic nitrogens is 2. The van der Waals surface area contributed by atoms with E-state index in [-0.39, 0.29) is 0 Å². The van der Waals surface area contributed by atoms with Gasteiger partial charge in [-0.3, -0.25) is 0 Å². The van der Waals surface area contributed by atoms with E-state index >= 15 is 0 Å². The van der Waals surface area contributed by atoms with Crippen LogP contribution in [0.2, 0.25) is 0 Å². The van der Waals surface area contributed by atoms with Gasteiger partial charge in [-0.1, -0.05) is 6.92 Å². The third-order valence-electron chi connectivity index (χ3n) is 3.10. The van der Waals surface area contributed by atoms with E-state index in [0.29, 0.717) is 5.92 Å². The fourth-order valence-electron chi connectivity index (χ4n) is 2.11. The van der Waals surface area contributed by atoms with Crippen LogP contribution < -0.4 is 5.32 Å². The molecule has 1 atom stereocenters. The quantitative estimate of drug-likeness (QED) is 0.820. The zero-order valence-corrected chi connectivity index (χ0v) is 12.4. The summed E-state index contributed by atoms with van der Waals surface area (Å²) in [5.41, 5.74) is 0. The Morgan fingerprint density at radius 1 is 1.50 bits per heavy atom. The Hall–Kier alpha value is -0.680. The lowest BCUT2D eigenvalue weighted by Gasteiger charge is -2.10. The standard InChI is InChI=1S/C13H20BrN3O/c1-2-3-12-16-11(14)8-13(17-12)15-6-4-10-5-7-18-9-10/h8,10H,2-7,9H2,1H3,(H,15,16,17). The Labute approximate surface area is 117 Å². The Bertz CT molecular complexity index is 380. The number of rotatable bonds is 6. The monoisotopic (exact) mass is 313 g/mol. The van der Waals surface area contributed by atoms with E-state index in [9.17, 15) is 0 Å². The summed E-state index contributed by atoms with van der Waals surface area (Å²) < 4.78 is 6.22. The average molecular weight is 314 g/mol. The third-order valence-corrected chi connectivity index (χ3v) is 3.50. The van der Waals surface area contributed by atoms with Gasteiger partial charge in [0.05, 0.1) is 0 Å². The molecule has 1 aliphatic rings. The van der Waals surface area contributed by atoms with Crippen molar-refractivity contribution in [3.8, 4) is 0 Å². The molecule has 0 aromatic carbocycles. The lowest BCUT2D eigenvalue weighted by molar-refractivity contribution is 0.185. The van der Waals surface area contributed by atoms with Crippen LogP contribution in [0.15, 0.2) is 10.7 Å². The zero-order chi connectivity index (χ0) is 12.8. The molecule has 100 valence electrons. The molecule has 0 spiro atoms. The molecule has 1 saturated heterocycles. The summed E-state index contributed by atoms with van der Waals surface area (Å²) in [7, 11) is 0. The highest BCUT2D eigenvalue weighted by molar-refractivity contribution is 9.10. The van der Waals surface area contributed by atoms with Crippen LogP contribution in [0.1, 0.15) is 32.0 Å². The van der Waals surface area contributed by atoms with Gasteiger partial charge in [-0.05, 0) is 41.1 Å². The van der Waals surface area contributed by atoms with Crippen molar-refractivity contribution in [2.45, 2.75) is 32.6 Å². The molecule has 1 N–H and O–H groups in total. The maximum absolute atomic E-state index is 5.37. The summed E-state index contributed by atoms with van der Waals surface area (Å²) in [6, 6.07) is 1.93. The van der Waals surface area contributed by atoms with Crippen LogP contribution in [0.5, 0.6) is 0 Å². The second-order valence-corrected chi connectivity index (χ2v) is 5.50. The fourth-order valence-corrected chi connectivity index (χ4v) is 2.53. The van der Waals surface area contributed by atoms with Crippen LogP contribution in [0.3, 0.4) is 0 Å². The maximum Gasteiger partial charge on any atom is 0.132 e. The first kappa shape index (κ1) is 13.7. The topological polar surface area (TPSA) is 47.0 Å². The van der Waals surface area contributed by atoms with Crippen LogP contribution in [0.4, 0.5) is 5.82 Å². The van der Waals surface area contributed by atoms with Crippen molar-refractivity contribution >= 4 is 21.7 Å². The smallest absolute Gasteiger partial charge is 0.132 e. The second kappa shape index (κ2) is 7.04. The van der Waals surface area contributed by atoms with Gasteiger partial charge in [0.1, 0.15) is 16.2 Å². The fraction of sp³-hybridized carbons (Fsp3) is 0.692. The Morgan fingerprint density at radius 3 is 3.11 bits per heavy atom. The van der Waals surface area contributed by atoms with Gasteiger partial charge >= 0.3 is 0 Å². The number of hydrogen-bond donors (Lipinski definition) is 1. The summed E-state index contributed by atoms with van der Waals surface area (Å²) in [5.74, 6) is 2.52. The first-order valence-electron chi connectivity index (χ1n) is 6.63. The highest BCUT2D eigenvalue weighted by Gasteiger charge is 2.14. The van der Waals surface area contributed by atoms with Gasteiger partial charge < -0.3 is 10.1 Å². The Balaban J connectivity index is 1.83. The van der Waals surface area contributed by atoms with Crippen LogP contribution in [-0.4, -0.2) is 29.7 Å². The number of aryl methyl sites for hydroxylation is 1. The van der Waals surface area contributed by atoms with Crippen LogP contribution >= 0.6 is 15.9 Å². The number of nitrogens with zero attached hydrogens (tertiary/aromatic N) is 2. The lowest BCUT2D eigenvalue weighted by Crippen LogP contribution is -2.11. The average Bonchev–Trinajstić information content (AvgIpc) is 2.82. The first-order valence-corrected chi connectivity index (χ1v) is 7.42. The van der Waals surface area contributed by atoms with Crippen molar-refractivity contribution in [2.24, 2.45) is 5.92 Å². The Kier molecular flexibility index (Phi) is 5.38. The summed E-state index contributed by atoms with van der Waals surface area (Å²) in [5, 5.41) is 3.37. The molecule has 1 aromatic heterocycles. The number of anilines is 1.